The fraction of sp³-hybridized carbons (Fsp3) is 0.429. The zero-order chi connectivity index (χ0) is 21.2. The molecule has 0 radical (unpaired) electrons. The molecule has 166 valence electrons. The lowest BCUT2D eigenvalue weighted by atomic mass is 10.2. The maximum atomic E-state index is 11.7. The number of furan rings is 1. The lowest BCUT2D eigenvalue weighted by Gasteiger charge is -2.18. The zero-order valence-corrected chi connectivity index (χ0v) is 20.3. The number of esters is 1. The molecule has 1 aromatic heterocycles. The Morgan fingerprint density at radius 2 is 1.93 bits per heavy atom. The molecule has 9 heteroatoms. The Labute approximate surface area is 194 Å². The highest BCUT2D eigenvalue weighted by molar-refractivity contribution is 14.0. The van der Waals surface area contributed by atoms with Crippen LogP contribution in [0.15, 0.2) is 39.7 Å². The second kappa shape index (κ2) is 13.0. The van der Waals surface area contributed by atoms with E-state index in [1.807, 2.05) is 38.1 Å². The summed E-state index contributed by atoms with van der Waals surface area (Å²) in [6.45, 7) is 7.22. The van der Waals surface area contributed by atoms with Crippen molar-refractivity contribution in [1.82, 2.24) is 10.6 Å². The van der Waals surface area contributed by atoms with Crippen LogP contribution < -0.4 is 20.1 Å². The van der Waals surface area contributed by atoms with Gasteiger partial charge in [0, 0.05) is 12.6 Å². The van der Waals surface area contributed by atoms with Crippen LogP contribution in [0.5, 0.6) is 11.5 Å². The maximum Gasteiger partial charge on any atom is 0.341 e. The van der Waals surface area contributed by atoms with Crippen LogP contribution >= 0.6 is 24.0 Å². The van der Waals surface area contributed by atoms with Crippen molar-refractivity contribution in [2.24, 2.45) is 4.99 Å². The van der Waals surface area contributed by atoms with E-state index in [4.69, 9.17) is 18.6 Å². The van der Waals surface area contributed by atoms with Gasteiger partial charge in [-0.2, -0.15) is 0 Å². The normalized spacial score (nSPS) is 11.8. The predicted octanol–water partition coefficient (Wildman–Crippen LogP) is 3.52. The van der Waals surface area contributed by atoms with Crippen LogP contribution in [0, 0.1) is 6.92 Å². The first-order valence-corrected chi connectivity index (χ1v) is 9.47. The Bertz CT molecular complexity index is 838. The number of hydrogen-bond acceptors (Lipinski definition) is 6. The van der Waals surface area contributed by atoms with E-state index >= 15 is 0 Å². The molecule has 1 unspecified atom stereocenters. The van der Waals surface area contributed by atoms with Crippen molar-refractivity contribution in [3.63, 3.8) is 0 Å². The summed E-state index contributed by atoms with van der Waals surface area (Å²) in [4.78, 5) is 16.2. The summed E-state index contributed by atoms with van der Waals surface area (Å²) in [6, 6.07) is 9.13. The van der Waals surface area contributed by atoms with Crippen molar-refractivity contribution < 1.29 is 23.4 Å². The molecule has 0 fully saturated rings. The van der Waals surface area contributed by atoms with Gasteiger partial charge in [0.1, 0.15) is 41.2 Å². The number of rotatable bonds is 9. The molecular formula is C21H30IN3O5. The molecule has 2 rings (SSSR count). The summed E-state index contributed by atoms with van der Waals surface area (Å²) in [6.07, 6.45) is -0.0947. The van der Waals surface area contributed by atoms with Gasteiger partial charge in [-0.1, -0.05) is 6.07 Å². The highest BCUT2D eigenvalue weighted by Crippen LogP contribution is 2.20. The average Bonchev–Trinajstić information content (AvgIpc) is 3.10. The molecule has 1 heterocycles. The van der Waals surface area contributed by atoms with Crippen LogP contribution in [0.2, 0.25) is 0 Å². The molecule has 8 nitrogen and oxygen atoms in total. The Balaban J connectivity index is 0.00000450. The van der Waals surface area contributed by atoms with Gasteiger partial charge in [0.25, 0.3) is 0 Å². The summed E-state index contributed by atoms with van der Waals surface area (Å²) >= 11 is 0. The van der Waals surface area contributed by atoms with Crippen LogP contribution in [0.3, 0.4) is 0 Å². The fourth-order valence-corrected chi connectivity index (χ4v) is 2.62. The van der Waals surface area contributed by atoms with Crippen molar-refractivity contribution in [2.75, 3.05) is 27.3 Å². The van der Waals surface area contributed by atoms with Gasteiger partial charge in [0.05, 0.1) is 20.8 Å². The molecule has 1 atom stereocenters. The summed E-state index contributed by atoms with van der Waals surface area (Å²) in [7, 11) is 2.96. The minimum Gasteiger partial charge on any atom is -0.497 e. The molecule has 2 aromatic rings. The van der Waals surface area contributed by atoms with E-state index < -0.39 is 5.97 Å². The number of guanidine groups is 1. The lowest BCUT2D eigenvalue weighted by Crippen LogP contribution is -2.41. The second-order valence-electron chi connectivity index (χ2n) is 6.36. The first-order valence-electron chi connectivity index (χ1n) is 9.47. The number of methoxy groups -OCH3 is 2. The number of halogens is 1. The highest BCUT2D eigenvalue weighted by atomic mass is 127. The maximum absolute atomic E-state index is 11.7. The molecule has 0 amide bonds. The van der Waals surface area contributed by atoms with E-state index in [1.54, 1.807) is 20.1 Å². The Hall–Kier alpha value is -2.43. The van der Waals surface area contributed by atoms with Crippen LogP contribution in [0.4, 0.5) is 0 Å². The SMILES string of the molecule is CCNC(=NCc1cc(C(=O)OC)c(C)o1)NCC(C)Oc1cccc(OC)c1.I. The van der Waals surface area contributed by atoms with E-state index in [-0.39, 0.29) is 36.6 Å². The first kappa shape index (κ1) is 25.6. The Morgan fingerprint density at radius 3 is 2.60 bits per heavy atom. The van der Waals surface area contributed by atoms with Gasteiger partial charge in [0.15, 0.2) is 5.96 Å². The number of ether oxygens (including phenoxy) is 3. The summed E-state index contributed by atoms with van der Waals surface area (Å²) < 4.78 is 21.5. The van der Waals surface area contributed by atoms with E-state index in [2.05, 4.69) is 15.6 Å². The molecule has 0 aliphatic rings. The number of aliphatic imine (C=N–C) groups is 1. The van der Waals surface area contributed by atoms with Crippen molar-refractivity contribution >= 4 is 35.9 Å². The van der Waals surface area contributed by atoms with Gasteiger partial charge in [-0.25, -0.2) is 9.79 Å². The monoisotopic (exact) mass is 531 g/mol. The van der Waals surface area contributed by atoms with Gasteiger partial charge in [-0.15, -0.1) is 24.0 Å². The number of carbonyl (C=O) groups is 1. The van der Waals surface area contributed by atoms with Crippen molar-refractivity contribution in [3.8, 4) is 11.5 Å². The molecule has 0 aliphatic heterocycles. The van der Waals surface area contributed by atoms with Crippen LogP contribution in [0.25, 0.3) is 0 Å². The standard InChI is InChI=1S/C21H29N3O5.HI/c1-6-22-21(24-13-18-11-19(15(3)29-18)20(25)27-5)23-12-14(2)28-17-9-7-8-16(10-17)26-4;/h7-11,14H,6,12-13H2,1-5H3,(H2,22,23,24);1H. The van der Waals surface area contributed by atoms with Crippen molar-refractivity contribution in [2.45, 2.75) is 33.4 Å². The van der Waals surface area contributed by atoms with E-state index in [1.165, 1.54) is 7.11 Å². The number of aryl methyl sites for hydroxylation is 1. The summed E-state index contributed by atoms with van der Waals surface area (Å²) in [5.41, 5.74) is 0.413. The molecule has 0 spiro atoms. The van der Waals surface area contributed by atoms with E-state index in [0.29, 0.717) is 36.1 Å². The minimum atomic E-state index is -0.421. The Kier molecular flexibility index (Phi) is 11.1. The smallest absolute Gasteiger partial charge is 0.341 e. The number of nitrogens with one attached hydrogen (secondary N) is 2. The zero-order valence-electron chi connectivity index (χ0n) is 18.0. The van der Waals surface area contributed by atoms with Gasteiger partial charge < -0.3 is 29.3 Å². The number of benzene rings is 1. The number of nitrogens with zero attached hydrogens (tertiary/aromatic N) is 1. The predicted molar refractivity (Wildman–Crippen MR) is 126 cm³/mol. The lowest BCUT2D eigenvalue weighted by molar-refractivity contribution is 0.0599. The topological polar surface area (TPSA) is 94.3 Å². The van der Waals surface area contributed by atoms with Crippen LogP contribution in [-0.4, -0.2) is 45.3 Å². The molecule has 0 saturated heterocycles. The third-order valence-electron chi connectivity index (χ3n) is 4.05. The molecule has 0 saturated carbocycles. The van der Waals surface area contributed by atoms with E-state index in [0.717, 1.165) is 11.5 Å². The quantitative estimate of drug-likeness (QED) is 0.221. The molecule has 2 N–H and O–H groups in total. The van der Waals surface area contributed by atoms with Gasteiger partial charge in [0.2, 0.25) is 0 Å². The second-order valence-corrected chi connectivity index (χ2v) is 6.36. The summed E-state index contributed by atoms with van der Waals surface area (Å²) in [5, 5.41) is 6.42. The average molecular weight is 531 g/mol. The van der Waals surface area contributed by atoms with Crippen molar-refractivity contribution in [3.05, 3.63) is 47.4 Å². The van der Waals surface area contributed by atoms with Crippen LogP contribution in [-0.2, 0) is 11.3 Å². The Morgan fingerprint density at radius 1 is 1.20 bits per heavy atom. The molecule has 1 aromatic carbocycles. The molecular weight excluding hydrogens is 501 g/mol. The van der Waals surface area contributed by atoms with Crippen LogP contribution in [0.1, 0.15) is 35.7 Å². The van der Waals surface area contributed by atoms with Gasteiger partial charge in [-0.05, 0) is 39.0 Å². The summed E-state index contributed by atoms with van der Waals surface area (Å²) in [5.74, 6) is 2.79. The number of hydrogen-bond donors (Lipinski definition) is 2. The highest BCUT2D eigenvalue weighted by Gasteiger charge is 2.15. The third kappa shape index (κ3) is 7.77. The first-order chi connectivity index (χ1) is 14.0. The fourth-order valence-electron chi connectivity index (χ4n) is 2.62. The van der Waals surface area contributed by atoms with Gasteiger partial charge in [-0.3, -0.25) is 0 Å². The van der Waals surface area contributed by atoms with E-state index in [9.17, 15) is 4.79 Å². The third-order valence-corrected chi connectivity index (χ3v) is 4.05. The number of carbonyl (C=O) groups excluding carboxylic acids is 1. The largest absolute Gasteiger partial charge is 0.497 e. The molecule has 0 bridgehead atoms. The molecule has 30 heavy (non-hydrogen) atoms. The van der Waals surface area contributed by atoms with Crippen molar-refractivity contribution in [1.29, 1.82) is 0 Å². The molecule has 0 aliphatic carbocycles. The van der Waals surface area contributed by atoms with Gasteiger partial charge >= 0.3 is 5.97 Å². The minimum absolute atomic E-state index is 0.